The zero-order valence-corrected chi connectivity index (χ0v) is 4.46. The number of hydrogen-bond donors (Lipinski definition) is 0. The van der Waals surface area contributed by atoms with Gasteiger partial charge in [0.15, 0.2) is 0 Å². The molecule has 0 unspecified atom stereocenters. The van der Waals surface area contributed by atoms with Crippen LogP contribution in [0.1, 0.15) is 0 Å². The number of ether oxygens (including phenoxy) is 2. The fraction of sp³-hybridized carbons (Fsp3) is 0.800. The van der Waals surface area contributed by atoms with E-state index >= 15 is 0 Å². The average molecular weight is 113 g/mol. The second-order valence-corrected chi connectivity index (χ2v) is 1.69. The predicted molar refractivity (Wildman–Crippen MR) is 25.9 cm³/mol. The van der Waals surface area contributed by atoms with Crippen molar-refractivity contribution < 1.29 is 9.47 Å². The Morgan fingerprint density at radius 1 is 1.38 bits per heavy atom. The second kappa shape index (κ2) is 2.65. The van der Waals surface area contributed by atoms with E-state index in [2.05, 4.69) is 6.07 Å². The van der Waals surface area contributed by atoms with Crippen LogP contribution in [0.2, 0.25) is 0 Å². The van der Waals surface area contributed by atoms with Gasteiger partial charge in [-0.15, -0.1) is 0 Å². The summed E-state index contributed by atoms with van der Waals surface area (Å²) in [4.78, 5) is 0. The largest absolute Gasteiger partial charge is 0.354 e. The molecular formula is C5H7NO2. The third kappa shape index (κ3) is 1.19. The molecule has 1 aliphatic rings. The van der Waals surface area contributed by atoms with Crippen LogP contribution in [0.25, 0.3) is 0 Å². The van der Waals surface area contributed by atoms with Gasteiger partial charge >= 0.3 is 0 Å². The minimum absolute atomic E-state index is 0.0521. The van der Waals surface area contributed by atoms with Gasteiger partial charge in [-0.25, -0.2) is 0 Å². The molecule has 8 heavy (non-hydrogen) atoms. The summed E-state index contributed by atoms with van der Waals surface area (Å²) in [5.74, 6) is -0.0521. The van der Waals surface area contributed by atoms with E-state index in [0.29, 0.717) is 20.0 Å². The van der Waals surface area contributed by atoms with Crippen molar-refractivity contribution in [2.24, 2.45) is 5.92 Å². The summed E-state index contributed by atoms with van der Waals surface area (Å²) in [5, 5.41) is 8.28. The van der Waals surface area contributed by atoms with Crippen molar-refractivity contribution in [2.45, 2.75) is 0 Å². The van der Waals surface area contributed by atoms with Crippen LogP contribution in [0.15, 0.2) is 0 Å². The van der Waals surface area contributed by atoms with Crippen LogP contribution in [-0.4, -0.2) is 20.0 Å². The van der Waals surface area contributed by atoms with Crippen LogP contribution in [0.5, 0.6) is 0 Å². The van der Waals surface area contributed by atoms with Crippen molar-refractivity contribution in [1.82, 2.24) is 0 Å². The van der Waals surface area contributed by atoms with Crippen molar-refractivity contribution in [3.63, 3.8) is 0 Å². The third-order valence-corrected chi connectivity index (χ3v) is 0.987. The fourth-order valence-corrected chi connectivity index (χ4v) is 0.562. The van der Waals surface area contributed by atoms with Crippen molar-refractivity contribution in [3.8, 4) is 6.07 Å². The molecule has 1 saturated heterocycles. The molecule has 1 aliphatic heterocycles. The Morgan fingerprint density at radius 3 is 2.38 bits per heavy atom. The lowest BCUT2D eigenvalue weighted by Gasteiger charge is -2.15. The van der Waals surface area contributed by atoms with Crippen molar-refractivity contribution in [1.29, 1.82) is 5.26 Å². The van der Waals surface area contributed by atoms with Crippen LogP contribution in [0.3, 0.4) is 0 Å². The summed E-state index contributed by atoms with van der Waals surface area (Å²) in [6.45, 7) is 1.39. The van der Waals surface area contributed by atoms with Gasteiger partial charge in [0.1, 0.15) is 6.79 Å². The lowest BCUT2D eigenvalue weighted by Crippen LogP contribution is -2.22. The van der Waals surface area contributed by atoms with Crippen molar-refractivity contribution >= 4 is 0 Å². The first-order valence-corrected chi connectivity index (χ1v) is 2.48. The van der Waals surface area contributed by atoms with Gasteiger partial charge < -0.3 is 9.47 Å². The Hall–Kier alpha value is -0.590. The highest BCUT2D eigenvalue weighted by molar-refractivity contribution is 4.82. The average Bonchev–Trinajstić information content (AvgIpc) is 1.90. The van der Waals surface area contributed by atoms with Gasteiger partial charge in [0, 0.05) is 0 Å². The van der Waals surface area contributed by atoms with E-state index in [4.69, 9.17) is 14.7 Å². The molecular weight excluding hydrogens is 106 g/mol. The summed E-state index contributed by atoms with van der Waals surface area (Å²) in [7, 11) is 0. The predicted octanol–water partition coefficient (Wildman–Crippen LogP) is 0.130. The summed E-state index contributed by atoms with van der Waals surface area (Å²) in [6, 6.07) is 2.05. The van der Waals surface area contributed by atoms with Crippen LogP contribution < -0.4 is 0 Å². The minimum atomic E-state index is -0.0521. The zero-order valence-electron chi connectivity index (χ0n) is 4.46. The Bertz CT molecular complexity index is 101. The van der Waals surface area contributed by atoms with E-state index in [0.717, 1.165) is 0 Å². The third-order valence-electron chi connectivity index (χ3n) is 0.987. The van der Waals surface area contributed by atoms with Crippen molar-refractivity contribution in [2.75, 3.05) is 20.0 Å². The Labute approximate surface area is 47.8 Å². The van der Waals surface area contributed by atoms with Gasteiger partial charge in [0.2, 0.25) is 0 Å². The molecule has 0 aromatic rings. The standard InChI is InChI=1S/C5H7NO2/c6-1-5-2-7-4-8-3-5/h5H,2-4H2. The first kappa shape index (κ1) is 5.54. The topological polar surface area (TPSA) is 42.2 Å². The van der Waals surface area contributed by atoms with Crippen LogP contribution in [0.4, 0.5) is 0 Å². The zero-order chi connectivity index (χ0) is 5.82. The number of rotatable bonds is 0. The van der Waals surface area contributed by atoms with Crippen molar-refractivity contribution in [3.05, 3.63) is 0 Å². The first-order valence-electron chi connectivity index (χ1n) is 2.48. The van der Waals surface area contributed by atoms with Crippen LogP contribution in [-0.2, 0) is 9.47 Å². The minimum Gasteiger partial charge on any atom is -0.354 e. The van der Waals surface area contributed by atoms with Gasteiger partial charge in [0.05, 0.1) is 25.2 Å². The van der Waals surface area contributed by atoms with E-state index < -0.39 is 0 Å². The molecule has 0 spiro atoms. The lowest BCUT2D eigenvalue weighted by molar-refractivity contribution is -0.113. The maximum atomic E-state index is 8.28. The van der Waals surface area contributed by atoms with Crippen LogP contribution >= 0.6 is 0 Å². The van der Waals surface area contributed by atoms with Gasteiger partial charge in [-0.1, -0.05) is 0 Å². The molecule has 0 aromatic carbocycles. The molecule has 3 nitrogen and oxygen atoms in total. The van der Waals surface area contributed by atoms with E-state index in [9.17, 15) is 0 Å². The second-order valence-electron chi connectivity index (χ2n) is 1.69. The molecule has 0 N–H and O–H groups in total. The molecule has 0 bridgehead atoms. The van der Waals surface area contributed by atoms with Gasteiger partial charge in [-0.05, 0) is 0 Å². The maximum absolute atomic E-state index is 8.28. The van der Waals surface area contributed by atoms with Gasteiger partial charge in [-0.2, -0.15) is 5.26 Å². The molecule has 1 heterocycles. The number of nitriles is 1. The number of nitrogens with zero attached hydrogens (tertiary/aromatic N) is 1. The van der Waals surface area contributed by atoms with E-state index in [1.807, 2.05) is 0 Å². The fourth-order valence-electron chi connectivity index (χ4n) is 0.562. The molecule has 0 aliphatic carbocycles. The Morgan fingerprint density at radius 2 is 2.00 bits per heavy atom. The molecule has 0 radical (unpaired) electrons. The summed E-state index contributed by atoms with van der Waals surface area (Å²) in [5.41, 5.74) is 0. The lowest BCUT2D eigenvalue weighted by atomic mass is 10.2. The first-order chi connectivity index (χ1) is 3.93. The SMILES string of the molecule is N#CC1COCOC1. The number of hydrogen-bond acceptors (Lipinski definition) is 3. The highest BCUT2D eigenvalue weighted by Gasteiger charge is 2.11. The molecule has 1 fully saturated rings. The van der Waals surface area contributed by atoms with Crippen LogP contribution in [0, 0.1) is 17.2 Å². The van der Waals surface area contributed by atoms with Gasteiger partial charge in [-0.3, -0.25) is 0 Å². The monoisotopic (exact) mass is 113 g/mol. The normalized spacial score (nSPS) is 22.4. The molecule has 0 amide bonds. The maximum Gasteiger partial charge on any atom is 0.146 e. The Kier molecular flexibility index (Phi) is 1.84. The quantitative estimate of drug-likeness (QED) is 0.448. The molecule has 0 aromatic heterocycles. The smallest absolute Gasteiger partial charge is 0.146 e. The summed E-state index contributed by atoms with van der Waals surface area (Å²) in [6.07, 6.45) is 0. The molecule has 0 atom stereocenters. The molecule has 44 valence electrons. The van der Waals surface area contributed by atoms with E-state index in [1.54, 1.807) is 0 Å². The summed E-state index contributed by atoms with van der Waals surface area (Å²) < 4.78 is 9.66. The van der Waals surface area contributed by atoms with Gasteiger partial charge in [0.25, 0.3) is 0 Å². The van der Waals surface area contributed by atoms with E-state index in [1.165, 1.54) is 0 Å². The molecule has 1 rings (SSSR count). The Balaban J connectivity index is 2.25. The summed E-state index contributed by atoms with van der Waals surface area (Å²) >= 11 is 0. The highest BCUT2D eigenvalue weighted by Crippen LogP contribution is 2.01. The molecule has 3 heteroatoms. The molecule has 0 saturated carbocycles. The van der Waals surface area contributed by atoms with E-state index in [-0.39, 0.29) is 5.92 Å². The highest BCUT2D eigenvalue weighted by atomic mass is 16.7.